The summed E-state index contributed by atoms with van der Waals surface area (Å²) in [7, 11) is 1.66. The molecule has 0 amide bonds. The second-order valence-corrected chi connectivity index (χ2v) is 5.90. The average Bonchev–Trinajstić information content (AvgIpc) is 3.10. The smallest absolute Gasteiger partial charge is 0.159 e. The van der Waals surface area contributed by atoms with Gasteiger partial charge in [0.2, 0.25) is 0 Å². The Morgan fingerprint density at radius 2 is 1.69 bits per heavy atom. The zero-order valence-electron chi connectivity index (χ0n) is 14.6. The van der Waals surface area contributed by atoms with Crippen LogP contribution in [0.1, 0.15) is 5.69 Å². The molecule has 0 aliphatic carbocycles. The third kappa shape index (κ3) is 3.07. The average molecular weight is 342 g/mol. The monoisotopic (exact) mass is 342 g/mol. The van der Waals surface area contributed by atoms with Gasteiger partial charge in [0, 0.05) is 23.5 Å². The molecule has 2 heterocycles. The maximum absolute atomic E-state index is 5.21. The van der Waals surface area contributed by atoms with Crippen LogP contribution in [0.15, 0.2) is 73.1 Å². The fourth-order valence-electron chi connectivity index (χ4n) is 2.81. The van der Waals surface area contributed by atoms with E-state index in [0.29, 0.717) is 5.82 Å². The normalized spacial score (nSPS) is 10.7. The van der Waals surface area contributed by atoms with Crippen molar-refractivity contribution in [3.8, 4) is 34.1 Å². The molecule has 0 bridgehead atoms. The minimum absolute atomic E-state index is 0.708. The quantitative estimate of drug-likeness (QED) is 0.554. The highest BCUT2D eigenvalue weighted by Crippen LogP contribution is 2.25. The molecule has 0 saturated heterocycles. The predicted molar refractivity (Wildman–Crippen MR) is 101 cm³/mol. The topological polar surface area (TPSA) is 52.8 Å². The number of aryl methyl sites for hydroxylation is 1. The molecule has 0 fully saturated rings. The highest BCUT2D eigenvalue weighted by molar-refractivity contribution is 5.65. The first-order chi connectivity index (χ1) is 12.7. The van der Waals surface area contributed by atoms with Gasteiger partial charge in [-0.15, -0.1) is 0 Å². The second-order valence-electron chi connectivity index (χ2n) is 5.90. The maximum Gasteiger partial charge on any atom is 0.159 e. The van der Waals surface area contributed by atoms with E-state index in [1.807, 2.05) is 78.5 Å². The van der Waals surface area contributed by atoms with Crippen LogP contribution in [0, 0.1) is 6.92 Å². The molecule has 4 rings (SSSR count). The number of nitrogens with zero attached hydrogens (tertiary/aromatic N) is 4. The van der Waals surface area contributed by atoms with Crippen molar-refractivity contribution in [1.82, 2.24) is 19.7 Å². The fourth-order valence-corrected chi connectivity index (χ4v) is 2.81. The molecule has 2 aromatic heterocycles. The van der Waals surface area contributed by atoms with Crippen LogP contribution in [0.5, 0.6) is 5.75 Å². The van der Waals surface area contributed by atoms with Crippen molar-refractivity contribution in [1.29, 1.82) is 0 Å². The molecule has 5 heteroatoms. The van der Waals surface area contributed by atoms with Gasteiger partial charge < -0.3 is 4.74 Å². The highest BCUT2D eigenvalue weighted by Gasteiger charge is 2.11. The molecule has 0 atom stereocenters. The van der Waals surface area contributed by atoms with Crippen molar-refractivity contribution < 1.29 is 4.74 Å². The van der Waals surface area contributed by atoms with Crippen molar-refractivity contribution in [3.63, 3.8) is 0 Å². The number of hydrogen-bond donors (Lipinski definition) is 0. The Morgan fingerprint density at radius 1 is 0.923 bits per heavy atom. The van der Waals surface area contributed by atoms with E-state index >= 15 is 0 Å². The SMILES string of the molecule is COc1ccc(-n2cc(-c3ccnc(-c4ccccc4)n3)c(C)n2)cc1. The summed E-state index contributed by atoms with van der Waals surface area (Å²) in [6, 6.07) is 19.7. The van der Waals surface area contributed by atoms with E-state index in [1.54, 1.807) is 13.3 Å². The Kier molecular flexibility index (Phi) is 4.19. The van der Waals surface area contributed by atoms with E-state index in [1.165, 1.54) is 0 Å². The van der Waals surface area contributed by atoms with Crippen LogP contribution in [0.2, 0.25) is 0 Å². The van der Waals surface area contributed by atoms with Gasteiger partial charge in [-0.05, 0) is 37.3 Å². The van der Waals surface area contributed by atoms with Crippen LogP contribution in [0.4, 0.5) is 0 Å². The van der Waals surface area contributed by atoms with Gasteiger partial charge in [-0.2, -0.15) is 5.10 Å². The second kappa shape index (κ2) is 6.80. The molecule has 26 heavy (non-hydrogen) atoms. The summed E-state index contributed by atoms with van der Waals surface area (Å²) in [5.74, 6) is 1.53. The van der Waals surface area contributed by atoms with E-state index in [-0.39, 0.29) is 0 Å². The third-order valence-corrected chi connectivity index (χ3v) is 4.20. The van der Waals surface area contributed by atoms with Crippen LogP contribution in [0.25, 0.3) is 28.3 Å². The number of benzene rings is 2. The molecule has 0 N–H and O–H groups in total. The van der Waals surface area contributed by atoms with Gasteiger partial charge >= 0.3 is 0 Å². The Labute approximate surface area is 151 Å². The molecule has 0 unspecified atom stereocenters. The van der Waals surface area contributed by atoms with E-state index in [0.717, 1.165) is 34.0 Å². The fraction of sp³-hybridized carbons (Fsp3) is 0.0952. The van der Waals surface area contributed by atoms with Gasteiger partial charge in [0.15, 0.2) is 5.82 Å². The molecule has 0 spiro atoms. The summed E-state index contributed by atoms with van der Waals surface area (Å²) in [5, 5.41) is 4.63. The van der Waals surface area contributed by atoms with Crippen LogP contribution >= 0.6 is 0 Å². The third-order valence-electron chi connectivity index (χ3n) is 4.20. The number of hydrogen-bond acceptors (Lipinski definition) is 4. The Balaban J connectivity index is 1.71. The summed E-state index contributed by atoms with van der Waals surface area (Å²) >= 11 is 0. The molecular formula is C21H18N4O. The minimum atomic E-state index is 0.708. The lowest BCUT2D eigenvalue weighted by atomic mass is 10.1. The van der Waals surface area contributed by atoms with E-state index in [2.05, 4.69) is 10.1 Å². The molecule has 2 aromatic carbocycles. The van der Waals surface area contributed by atoms with Crippen molar-refractivity contribution >= 4 is 0 Å². The van der Waals surface area contributed by atoms with Gasteiger partial charge in [0.05, 0.1) is 24.2 Å². The zero-order chi connectivity index (χ0) is 17.9. The summed E-state index contributed by atoms with van der Waals surface area (Å²) < 4.78 is 7.07. The Bertz CT molecular complexity index is 1020. The van der Waals surface area contributed by atoms with Crippen LogP contribution < -0.4 is 4.74 Å². The van der Waals surface area contributed by atoms with Gasteiger partial charge in [-0.25, -0.2) is 14.6 Å². The lowest BCUT2D eigenvalue weighted by Crippen LogP contribution is -1.94. The lowest BCUT2D eigenvalue weighted by molar-refractivity contribution is 0.414. The first-order valence-corrected chi connectivity index (χ1v) is 8.34. The molecule has 5 nitrogen and oxygen atoms in total. The van der Waals surface area contributed by atoms with Crippen molar-refractivity contribution in [2.75, 3.05) is 7.11 Å². The molecule has 128 valence electrons. The Hall–Kier alpha value is -3.47. The first kappa shape index (κ1) is 16.0. The van der Waals surface area contributed by atoms with Crippen molar-refractivity contribution in [2.24, 2.45) is 0 Å². The lowest BCUT2D eigenvalue weighted by Gasteiger charge is -2.03. The number of aromatic nitrogens is 4. The maximum atomic E-state index is 5.21. The van der Waals surface area contributed by atoms with Crippen molar-refractivity contribution in [2.45, 2.75) is 6.92 Å². The number of ether oxygens (including phenoxy) is 1. The molecule has 0 aliphatic heterocycles. The van der Waals surface area contributed by atoms with Crippen molar-refractivity contribution in [3.05, 3.63) is 78.8 Å². The van der Waals surface area contributed by atoms with Gasteiger partial charge in [0.1, 0.15) is 5.75 Å². The van der Waals surface area contributed by atoms with E-state index < -0.39 is 0 Å². The largest absolute Gasteiger partial charge is 0.497 e. The molecule has 0 aliphatic rings. The summed E-state index contributed by atoms with van der Waals surface area (Å²) in [5.41, 5.74) is 4.72. The molecule has 4 aromatic rings. The molecule has 0 saturated carbocycles. The van der Waals surface area contributed by atoms with E-state index in [4.69, 9.17) is 9.72 Å². The summed E-state index contributed by atoms with van der Waals surface area (Å²) in [6.45, 7) is 1.99. The molecule has 0 radical (unpaired) electrons. The predicted octanol–water partition coefficient (Wildman–Crippen LogP) is 4.31. The van der Waals surface area contributed by atoms with Gasteiger partial charge in [-0.1, -0.05) is 30.3 Å². The van der Waals surface area contributed by atoms with Gasteiger partial charge in [0.25, 0.3) is 0 Å². The Morgan fingerprint density at radius 3 is 2.42 bits per heavy atom. The standard InChI is InChI=1S/C21H18N4O/c1-15-19(14-25(24-15)17-8-10-18(26-2)11-9-17)20-12-13-22-21(23-20)16-6-4-3-5-7-16/h3-14H,1-2H3. The minimum Gasteiger partial charge on any atom is -0.497 e. The first-order valence-electron chi connectivity index (χ1n) is 8.34. The summed E-state index contributed by atoms with van der Waals surface area (Å²) in [6.07, 6.45) is 3.78. The molecular weight excluding hydrogens is 324 g/mol. The van der Waals surface area contributed by atoms with Gasteiger partial charge in [-0.3, -0.25) is 0 Å². The number of methoxy groups -OCH3 is 1. The van der Waals surface area contributed by atoms with Crippen LogP contribution in [-0.2, 0) is 0 Å². The van der Waals surface area contributed by atoms with Crippen LogP contribution in [-0.4, -0.2) is 26.9 Å². The number of rotatable bonds is 4. The highest BCUT2D eigenvalue weighted by atomic mass is 16.5. The zero-order valence-corrected chi connectivity index (χ0v) is 14.6. The van der Waals surface area contributed by atoms with Crippen LogP contribution in [0.3, 0.4) is 0 Å². The summed E-state index contributed by atoms with van der Waals surface area (Å²) in [4.78, 5) is 9.12. The van der Waals surface area contributed by atoms with E-state index in [9.17, 15) is 0 Å².